The van der Waals surface area contributed by atoms with Gasteiger partial charge in [-0.05, 0) is 243 Å². The Bertz CT molecular complexity index is 6560. The summed E-state index contributed by atoms with van der Waals surface area (Å²) in [5, 5.41) is 8.59. The van der Waals surface area contributed by atoms with E-state index in [9.17, 15) is 13.9 Å². The topological polar surface area (TPSA) is 128 Å². The molecule has 0 saturated heterocycles. The fourth-order valence-corrected chi connectivity index (χ4v) is 17.6. The first-order chi connectivity index (χ1) is 61.8. The number of carbonyl (C=O) groups excluding carboxylic acids is 1. The second-order valence-corrected chi connectivity index (χ2v) is 41.7. The van der Waals surface area contributed by atoms with Crippen molar-refractivity contribution in [3.8, 4) is 17.1 Å². The molecule has 1 N–H and O–H groups in total. The van der Waals surface area contributed by atoms with Crippen LogP contribution in [0.2, 0.25) is 0 Å². The van der Waals surface area contributed by atoms with Crippen molar-refractivity contribution in [2.75, 3.05) is 33.0 Å². The first-order valence-corrected chi connectivity index (χ1v) is 52.2. The van der Waals surface area contributed by atoms with Crippen molar-refractivity contribution in [1.29, 1.82) is 0 Å². The molecule has 24 heteroatoms. The number of nitrogens with one attached hydrogen (secondary N) is 1. The summed E-state index contributed by atoms with van der Waals surface area (Å²) in [5.74, 6) is 0. The number of halogens is 8. The minimum atomic E-state index is -3.22. The van der Waals surface area contributed by atoms with Crippen LogP contribution < -0.4 is 34.9 Å². The van der Waals surface area contributed by atoms with E-state index in [0.29, 0.717) is 43.9 Å². The molecule has 0 unspecified atom stereocenters. The van der Waals surface area contributed by atoms with Crippen LogP contribution in [0.4, 0.5) is 0 Å². The third kappa shape index (κ3) is 30.4. The van der Waals surface area contributed by atoms with Crippen LogP contribution in [0.3, 0.4) is 0 Å². The minimum Gasteiger partial charge on any atom is -1.00 e. The van der Waals surface area contributed by atoms with E-state index in [1.165, 1.54) is 115 Å². The summed E-state index contributed by atoms with van der Waals surface area (Å²) in [5.41, 5.74) is 17.6. The number of para-hydroxylation sites is 9. The van der Waals surface area contributed by atoms with Gasteiger partial charge >= 0.3 is 51.0 Å². The van der Waals surface area contributed by atoms with Crippen LogP contribution in [0.25, 0.3) is 116 Å². The summed E-state index contributed by atoms with van der Waals surface area (Å²) in [6.07, 6.45) is 5.16. The Morgan fingerprint density at radius 1 is 0.333 bits per heavy atom. The van der Waals surface area contributed by atoms with E-state index in [1.807, 2.05) is 99.6 Å². The molecular formula is C105H98Br5Cl3N4NaO8P3. The maximum absolute atomic E-state index is 12.3. The fourth-order valence-electron chi connectivity index (χ4n) is 13.7. The van der Waals surface area contributed by atoms with Gasteiger partial charge in [0.2, 0.25) is 0 Å². The van der Waals surface area contributed by atoms with E-state index in [1.54, 1.807) is 26.0 Å². The Morgan fingerprint density at radius 2 is 0.589 bits per heavy atom. The second-order valence-electron chi connectivity index (χ2n) is 27.6. The summed E-state index contributed by atoms with van der Waals surface area (Å²) in [6, 6.07) is 129. The van der Waals surface area contributed by atoms with Crippen molar-refractivity contribution in [3.63, 3.8) is 0 Å². The van der Waals surface area contributed by atoms with E-state index in [2.05, 4.69) is 429 Å². The number of benzene rings is 15. The first-order valence-electron chi connectivity index (χ1n) is 40.9. The van der Waals surface area contributed by atoms with Gasteiger partial charge in [0.1, 0.15) is 6.29 Å². The second kappa shape index (κ2) is 54.1. The third-order valence-electron chi connectivity index (χ3n) is 19.2. The Hall–Kier alpha value is -8.13. The van der Waals surface area contributed by atoms with Gasteiger partial charge in [-0.2, -0.15) is 0 Å². The van der Waals surface area contributed by atoms with Gasteiger partial charge in [0, 0.05) is 100.0 Å². The molecule has 0 saturated carbocycles. The molecule has 0 bridgehead atoms. The van der Waals surface area contributed by atoms with Crippen molar-refractivity contribution < 1.29 is 67.5 Å². The van der Waals surface area contributed by atoms with Crippen LogP contribution in [-0.4, -0.2) is 58.0 Å². The smallest absolute Gasteiger partial charge is 1.00 e. The average Bonchev–Trinajstić information content (AvgIpc) is 1.61. The molecule has 0 atom stereocenters. The van der Waals surface area contributed by atoms with Crippen LogP contribution in [-0.2, 0) is 37.1 Å². The van der Waals surface area contributed by atoms with Crippen molar-refractivity contribution in [3.05, 3.63) is 416 Å². The quantitative estimate of drug-likeness (QED) is 0.0296. The number of H-pyrrole nitrogens is 1. The molecule has 0 radical (unpaired) electrons. The van der Waals surface area contributed by atoms with Crippen LogP contribution in [0, 0.1) is 0 Å². The van der Waals surface area contributed by atoms with Gasteiger partial charge in [-0.3, -0.25) is 13.9 Å². The van der Waals surface area contributed by atoms with E-state index >= 15 is 0 Å². The van der Waals surface area contributed by atoms with Crippen molar-refractivity contribution in [1.82, 2.24) is 18.7 Å². The molecule has 4 heterocycles. The molecule has 0 aliphatic rings. The Labute approximate surface area is 837 Å². The first kappa shape index (κ1) is 105. The fraction of sp³-hybridized carbons (Fsp3) is 0.114. The number of nitrogens with zero attached hydrogens (tertiary/aromatic N) is 3. The van der Waals surface area contributed by atoms with E-state index in [0.717, 1.165) is 35.2 Å². The van der Waals surface area contributed by atoms with Gasteiger partial charge in [-0.1, -0.05) is 318 Å². The van der Waals surface area contributed by atoms with Gasteiger partial charge < -0.3 is 42.7 Å². The Morgan fingerprint density at radius 3 is 0.884 bits per heavy atom. The Balaban J connectivity index is 0.000000187. The largest absolute Gasteiger partial charge is 1.00 e. The molecule has 19 aromatic rings. The number of aromatic nitrogens is 4. The molecule has 658 valence electrons. The predicted molar refractivity (Wildman–Crippen MR) is 567 cm³/mol. The number of alkyl halides is 1. The number of aldehydes is 1. The summed E-state index contributed by atoms with van der Waals surface area (Å²) in [4.78, 5) is 14.2. The van der Waals surface area contributed by atoms with Crippen LogP contribution >= 0.6 is 135 Å². The molecule has 0 spiro atoms. The zero-order valence-corrected chi connectivity index (χ0v) is 86.1. The molecule has 0 fully saturated rings. The number of hydrogen-bond acceptors (Lipinski definition) is 8. The molecule has 0 aliphatic carbocycles. The number of aromatic amines is 1. The van der Waals surface area contributed by atoms with Crippen molar-refractivity contribution in [2.24, 2.45) is 0 Å². The molecule has 19 rings (SSSR count). The maximum atomic E-state index is 12.3. The van der Waals surface area contributed by atoms with Gasteiger partial charge in [0.05, 0.1) is 71.4 Å². The van der Waals surface area contributed by atoms with Gasteiger partial charge in [-0.25, -0.2) is 0 Å². The number of fused-ring (bicyclic) bond motifs is 12. The average molecular weight is 2170 g/mol. The van der Waals surface area contributed by atoms with Gasteiger partial charge in [-0.15, -0.1) is 0 Å². The third-order valence-corrected chi connectivity index (χ3v) is 25.5. The van der Waals surface area contributed by atoms with Crippen LogP contribution in [0.5, 0.6) is 0 Å². The van der Waals surface area contributed by atoms with Gasteiger partial charge in [0.25, 0.3) is 0 Å². The monoisotopic (exact) mass is 2160 g/mol. The minimum absolute atomic E-state index is 0. The number of rotatable bonds is 18. The summed E-state index contributed by atoms with van der Waals surface area (Å²) >= 11 is 30.7. The van der Waals surface area contributed by atoms with E-state index < -0.39 is 21.4 Å². The summed E-state index contributed by atoms with van der Waals surface area (Å²) in [7, 11) is -4.17. The SMILES string of the molecule is BrCc1ccc(Br)cc1.Brc1ccc(/C=C/c2ccc(-n3c4ccccc4c4ccccc43)cc2)cc1.Brc1ccccc1.C.CCOP(=O)(OCC)c1ccc(Br)cc1.CCOP(OCC)OCC.O=Cc1ccc(-n2c3ccccc3c3ccccc32)cc1.O=P(Cl)(Cl)Cl.[H-].[Na+].c1ccc(-n2c3ccccc3c3ccccc32)cc1.c1ccc2c(c1)[nH]c1ccccc12. The molecule has 12 nitrogen and oxygen atoms in total. The molecule has 0 amide bonds. The summed E-state index contributed by atoms with van der Waals surface area (Å²) < 4.78 is 58.8. The molecule has 15 aromatic carbocycles. The summed E-state index contributed by atoms with van der Waals surface area (Å²) in [6.45, 7) is 12.0. The number of carbonyl (C=O) groups is 1. The van der Waals surface area contributed by atoms with Gasteiger partial charge in [0.15, 0.2) is 0 Å². The normalized spacial score (nSPS) is 10.9. The predicted octanol–water partition coefficient (Wildman–Crippen LogP) is 32.4. The number of hydrogen-bond donors (Lipinski definition) is 1. The maximum Gasteiger partial charge on any atom is 1.00 e. The van der Waals surface area contributed by atoms with E-state index in [4.69, 9.17) is 22.6 Å². The molecular weight excluding hydrogens is 2070 g/mol. The standard InChI is InChI=1S/C26H18BrN.C19H13NO.C18H13N.C12H9N.C10H14BrO3P.C7H6Br2.C6H5Br.C6H15O3P.CH4.Cl3OP.Na.H/c27-21-15-11-19(12-16-21)9-10-20-13-17-22(18-14-20)28-25-7-3-1-5-23(25)24-6-2-4-8-26(24)28;21-13-14-9-11-15(12-10-14)20-18-7-3-1-5-16(18)17-6-2-4-8-19(17)20;1-2-8-14(9-3-1)19-17-12-6-4-10-15(17)16-11-5-7-13-18(16)19;1-3-7-11-9(5-1)10-6-2-4-8-12(10)13-11;1-3-13-15(12,14-4-2)10-7-5-9(11)6-8-10;8-5-6-1-3-7(9)4-2-6;7-6-4-2-1-3-5-6;1-4-7-10(8-5-2)9-6-3;;1-5(2,3)4;;/h1-18H;1-13H;1-13H;1-8,13H;5-8H,3-4H2,1-2H3;1-4H,5H2;1-5H;4-6H2,1-3H3;1H4;;;/q;;;;;;;;;;+1;-1/b10-9+;;;;;;;;;;;. The molecule has 129 heavy (non-hydrogen) atoms. The zero-order valence-electron chi connectivity index (χ0n) is 72.2. The van der Waals surface area contributed by atoms with Crippen molar-refractivity contribution >= 4 is 246 Å². The molecule has 0 aliphatic heterocycles. The van der Waals surface area contributed by atoms with Crippen LogP contribution in [0.15, 0.2) is 394 Å². The van der Waals surface area contributed by atoms with E-state index in [-0.39, 0.29) is 38.4 Å². The zero-order chi connectivity index (χ0) is 89.9. The molecule has 4 aromatic heterocycles. The van der Waals surface area contributed by atoms with Crippen molar-refractivity contribution in [2.45, 2.75) is 47.4 Å². The Kier molecular flexibility index (Phi) is 43.9. The van der Waals surface area contributed by atoms with Crippen LogP contribution in [0.1, 0.15) is 70.5 Å².